The first kappa shape index (κ1) is 8.68. The van der Waals surface area contributed by atoms with Crippen LogP contribution in [0.15, 0.2) is 17.1 Å². The number of carbonyl (C=O) groups excluding carboxylic acids is 1. The molecule has 3 nitrogen and oxygen atoms in total. The van der Waals surface area contributed by atoms with Crippen molar-refractivity contribution in [3.8, 4) is 6.07 Å². The van der Waals surface area contributed by atoms with Crippen molar-refractivity contribution >= 4 is 22.7 Å². The molecule has 0 saturated heterocycles. The molecule has 0 aliphatic heterocycles. The third-order valence-corrected chi connectivity index (χ3v) is 3.05. The molecule has 4 heteroatoms. The van der Waals surface area contributed by atoms with E-state index < -0.39 is 0 Å². The van der Waals surface area contributed by atoms with E-state index in [0.717, 1.165) is 4.88 Å². The van der Waals surface area contributed by atoms with Gasteiger partial charge in [0.15, 0.2) is 5.78 Å². The number of allylic oxidation sites excluding steroid dienone is 2. The summed E-state index contributed by atoms with van der Waals surface area (Å²) >= 11 is 1.41. The summed E-state index contributed by atoms with van der Waals surface area (Å²) in [5, 5.41) is 10.5. The Morgan fingerprint density at radius 3 is 3.14 bits per heavy atom. The van der Waals surface area contributed by atoms with Crippen LogP contribution in [0, 0.1) is 17.9 Å². The van der Waals surface area contributed by atoms with Gasteiger partial charge in [-0.15, -0.1) is 11.3 Å². The Morgan fingerprint density at radius 1 is 1.71 bits per heavy atom. The highest BCUT2D eigenvalue weighted by molar-refractivity contribution is 7.11. The molecule has 0 spiro atoms. The van der Waals surface area contributed by atoms with Crippen molar-refractivity contribution in [3.63, 3.8) is 0 Å². The van der Waals surface area contributed by atoms with Crippen LogP contribution in [0.5, 0.6) is 0 Å². The summed E-state index contributed by atoms with van der Waals surface area (Å²) < 4.78 is 0. The van der Waals surface area contributed by atoms with E-state index in [2.05, 4.69) is 4.85 Å². The molecular formula is C10H4N2OS. The van der Waals surface area contributed by atoms with Crippen molar-refractivity contribution in [2.75, 3.05) is 0 Å². The molecule has 0 amide bonds. The van der Waals surface area contributed by atoms with Gasteiger partial charge in [-0.1, -0.05) is 0 Å². The van der Waals surface area contributed by atoms with Crippen molar-refractivity contribution in [2.24, 2.45) is 0 Å². The maximum Gasteiger partial charge on any atom is 0.266 e. The SMILES string of the molecule is [C-]#[N+]/C(C#N)=C1\CC(=O)c2ccsc21. The second-order valence-electron chi connectivity index (χ2n) is 2.81. The zero-order valence-corrected chi connectivity index (χ0v) is 7.89. The molecule has 1 heterocycles. The standard InChI is InChI=1S/C10H4N2OS/c1-12-8(5-11)7-4-9(13)6-2-3-14-10(6)7/h2-3H,4H2/b8-7+. The van der Waals surface area contributed by atoms with Crippen LogP contribution < -0.4 is 0 Å². The van der Waals surface area contributed by atoms with Crippen LogP contribution in [0.25, 0.3) is 10.4 Å². The molecular weight excluding hydrogens is 196 g/mol. The summed E-state index contributed by atoms with van der Waals surface area (Å²) in [5.74, 6) is 0.00708. The van der Waals surface area contributed by atoms with Crippen LogP contribution in [-0.2, 0) is 0 Å². The quantitative estimate of drug-likeness (QED) is 0.477. The monoisotopic (exact) mass is 200 g/mol. The minimum absolute atomic E-state index is 0.00708. The Morgan fingerprint density at radius 2 is 2.50 bits per heavy atom. The maximum absolute atomic E-state index is 11.4. The lowest BCUT2D eigenvalue weighted by atomic mass is 10.2. The van der Waals surface area contributed by atoms with E-state index in [-0.39, 0.29) is 17.9 Å². The maximum atomic E-state index is 11.4. The summed E-state index contributed by atoms with van der Waals surface area (Å²) in [7, 11) is 0. The largest absolute Gasteiger partial charge is 0.294 e. The average molecular weight is 200 g/mol. The van der Waals surface area contributed by atoms with Crippen molar-refractivity contribution in [3.05, 3.63) is 39.0 Å². The lowest BCUT2D eigenvalue weighted by Gasteiger charge is -1.92. The molecule has 0 N–H and O–H groups in total. The average Bonchev–Trinajstić information content (AvgIpc) is 2.74. The fourth-order valence-corrected chi connectivity index (χ4v) is 2.41. The van der Waals surface area contributed by atoms with Gasteiger partial charge >= 0.3 is 0 Å². The number of rotatable bonds is 0. The highest BCUT2D eigenvalue weighted by Crippen LogP contribution is 2.38. The summed E-state index contributed by atoms with van der Waals surface area (Å²) in [6.07, 6.45) is 0.202. The number of nitriles is 1. The minimum atomic E-state index is 0.00708. The molecule has 1 aliphatic carbocycles. The van der Waals surface area contributed by atoms with Crippen LogP contribution in [0.3, 0.4) is 0 Å². The van der Waals surface area contributed by atoms with Gasteiger partial charge in [-0.05, 0) is 17.0 Å². The number of ketones is 1. The van der Waals surface area contributed by atoms with Crippen LogP contribution in [0.1, 0.15) is 21.7 Å². The molecule has 66 valence electrons. The fourth-order valence-electron chi connectivity index (χ4n) is 1.45. The number of fused-ring (bicyclic) bond motifs is 1. The van der Waals surface area contributed by atoms with Crippen molar-refractivity contribution < 1.29 is 4.79 Å². The minimum Gasteiger partial charge on any atom is -0.294 e. The van der Waals surface area contributed by atoms with E-state index >= 15 is 0 Å². The van der Waals surface area contributed by atoms with E-state index in [4.69, 9.17) is 11.8 Å². The fraction of sp³-hybridized carbons (Fsp3) is 0.100. The zero-order chi connectivity index (χ0) is 10.1. The van der Waals surface area contributed by atoms with Gasteiger partial charge in [-0.3, -0.25) is 4.79 Å². The Balaban J connectivity index is 2.68. The van der Waals surface area contributed by atoms with Gasteiger partial charge in [0.1, 0.15) is 0 Å². The number of thiophene rings is 1. The Bertz CT molecular complexity index is 509. The molecule has 0 aromatic carbocycles. The van der Waals surface area contributed by atoms with Gasteiger partial charge in [-0.2, -0.15) is 0 Å². The van der Waals surface area contributed by atoms with Crippen LogP contribution >= 0.6 is 11.3 Å². The first-order valence-corrected chi connectivity index (χ1v) is 4.77. The molecule has 0 atom stereocenters. The molecule has 0 saturated carbocycles. The number of nitrogens with zero attached hydrogens (tertiary/aromatic N) is 2. The Labute approximate surface area is 84.7 Å². The Kier molecular flexibility index (Phi) is 1.92. The first-order valence-electron chi connectivity index (χ1n) is 3.89. The van der Waals surface area contributed by atoms with Gasteiger partial charge in [0.05, 0.1) is 12.6 Å². The van der Waals surface area contributed by atoms with Crippen LogP contribution in [-0.4, -0.2) is 5.78 Å². The second kappa shape index (κ2) is 3.10. The summed E-state index contributed by atoms with van der Waals surface area (Å²) in [6.45, 7) is 6.82. The van der Waals surface area contributed by atoms with Gasteiger partial charge in [0, 0.05) is 16.9 Å². The van der Waals surface area contributed by atoms with E-state index in [0.29, 0.717) is 11.1 Å². The van der Waals surface area contributed by atoms with Gasteiger partial charge in [0.25, 0.3) is 5.70 Å². The topological polar surface area (TPSA) is 45.2 Å². The van der Waals surface area contributed by atoms with Gasteiger partial charge in [-0.25, -0.2) is 10.1 Å². The molecule has 2 rings (SSSR count). The molecule has 1 aliphatic rings. The molecule has 0 fully saturated rings. The molecule has 0 unspecified atom stereocenters. The van der Waals surface area contributed by atoms with E-state index in [1.165, 1.54) is 11.3 Å². The summed E-state index contributed by atoms with van der Waals surface area (Å²) in [6, 6.07) is 3.57. The zero-order valence-electron chi connectivity index (χ0n) is 7.07. The van der Waals surface area contributed by atoms with Crippen molar-refractivity contribution in [2.45, 2.75) is 6.42 Å². The molecule has 1 aromatic heterocycles. The van der Waals surface area contributed by atoms with E-state index in [9.17, 15) is 4.79 Å². The third kappa shape index (κ3) is 1.06. The first-order chi connectivity index (χ1) is 6.77. The van der Waals surface area contributed by atoms with Crippen molar-refractivity contribution in [1.82, 2.24) is 0 Å². The highest BCUT2D eigenvalue weighted by atomic mass is 32.1. The van der Waals surface area contributed by atoms with Gasteiger partial charge < -0.3 is 0 Å². The predicted molar refractivity (Wildman–Crippen MR) is 52.4 cm³/mol. The number of carbonyl (C=O) groups is 1. The molecule has 14 heavy (non-hydrogen) atoms. The predicted octanol–water partition coefficient (Wildman–Crippen LogP) is 2.49. The van der Waals surface area contributed by atoms with Crippen LogP contribution in [0.2, 0.25) is 0 Å². The molecule has 0 radical (unpaired) electrons. The molecule has 1 aromatic rings. The normalized spacial score (nSPS) is 17.1. The lowest BCUT2D eigenvalue weighted by molar-refractivity contribution is 0.100. The van der Waals surface area contributed by atoms with Crippen LogP contribution in [0.4, 0.5) is 0 Å². The summed E-state index contributed by atoms with van der Waals surface area (Å²) in [4.78, 5) is 15.4. The van der Waals surface area contributed by atoms with E-state index in [1.54, 1.807) is 11.4 Å². The second-order valence-corrected chi connectivity index (χ2v) is 3.73. The van der Waals surface area contributed by atoms with E-state index in [1.807, 2.05) is 6.07 Å². The summed E-state index contributed by atoms with van der Waals surface area (Å²) in [5.41, 5.74) is 1.29. The highest BCUT2D eigenvalue weighted by Gasteiger charge is 2.27. The lowest BCUT2D eigenvalue weighted by Crippen LogP contribution is -1.87. The Hall–Kier alpha value is -1.91. The number of hydrogen-bond acceptors (Lipinski definition) is 3. The number of hydrogen-bond donors (Lipinski definition) is 0. The smallest absolute Gasteiger partial charge is 0.266 e. The van der Waals surface area contributed by atoms with Crippen molar-refractivity contribution in [1.29, 1.82) is 5.26 Å². The molecule has 0 bridgehead atoms. The third-order valence-electron chi connectivity index (χ3n) is 2.08. The van der Waals surface area contributed by atoms with Gasteiger partial charge in [0.2, 0.25) is 0 Å². The number of Topliss-reactive ketones (excluding diaryl/α,β-unsaturated/α-hetero) is 1.